The Kier molecular flexibility index (Phi) is 23.9. The Hall–Kier alpha value is 1.24. The first kappa shape index (κ1) is 45.9. The van der Waals surface area contributed by atoms with Gasteiger partial charge in [-0.3, -0.25) is 0 Å². The van der Waals surface area contributed by atoms with Gasteiger partial charge in [0, 0.05) is 14.2 Å². The van der Waals surface area contributed by atoms with E-state index in [1.807, 2.05) is 0 Å². The molecule has 0 amide bonds. The van der Waals surface area contributed by atoms with Crippen LogP contribution in [0.4, 0.5) is 0 Å². The third-order valence-corrected chi connectivity index (χ3v) is 14.5. The van der Waals surface area contributed by atoms with E-state index in [2.05, 4.69) is 13.8 Å². The van der Waals surface area contributed by atoms with Crippen molar-refractivity contribution in [3.8, 4) is 0 Å². The molecule has 0 bridgehead atoms. The van der Waals surface area contributed by atoms with Gasteiger partial charge in [-0.15, -0.1) is 0 Å². The monoisotopic (exact) mass is 818 g/mol. The Balaban J connectivity index is 1.27. The van der Waals surface area contributed by atoms with Crippen LogP contribution in [0.3, 0.4) is 0 Å². The van der Waals surface area contributed by atoms with E-state index in [0.717, 1.165) is 25.7 Å². The Morgan fingerprint density at radius 3 is 1.12 bits per heavy atom. The fourth-order valence-corrected chi connectivity index (χ4v) is 11.7. The van der Waals surface area contributed by atoms with Crippen LogP contribution in [-0.4, -0.2) is 79.3 Å². The Morgan fingerprint density at radius 1 is 0.404 bits per heavy atom. The summed E-state index contributed by atoms with van der Waals surface area (Å²) in [6.07, 6.45) is 24.4. The van der Waals surface area contributed by atoms with Gasteiger partial charge in [-0.2, -0.15) is 0 Å². The van der Waals surface area contributed by atoms with Gasteiger partial charge in [0.05, 0.1) is 63.7 Å². The van der Waals surface area contributed by atoms with E-state index in [1.165, 1.54) is 103 Å². The van der Waals surface area contributed by atoms with Gasteiger partial charge in [-0.1, -0.05) is 129 Å². The molecule has 0 saturated carbocycles. The molecular weight excluding hydrogens is 748 g/mol. The van der Waals surface area contributed by atoms with E-state index < -0.39 is 57.4 Å². The topological polar surface area (TPSA) is 111 Å². The first-order chi connectivity index (χ1) is 25.6. The number of rotatable bonds is 27. The van der Waals surface area contributed by atoms with Gasteiger partial charge in [0.25, 0.3) is 0 Å². The minimum atomic E-state index is -1.62. The highest BCUT2D eigenvalue weighted by Crippen LogP contribution is 2.62. The average Bonchev–Trinajstić information content (AvgIpc) is 3.18. The maximum atomic E-state index is 6.76. The molecule has 4 saturated heterocycles. The van der Waals surface area contributed by atoms with Crippen molar-refractivity contribution < 1.29 is 54.3 Å². The van der Waals surface area contributed by atoms with Gasteiger partial charge in [-0.05, 0) is 12.8 Å². The largest absolute Gasteiger partial charge is 0.333 e. The Morgan fingerprint density at radius 2 is 0.712 bits per heavy atom. The predicted molar refractivity (Wildman–Crippen MR) is 208 cm³/mol. The molecule has 16 heteroatoms. The molecule has 4 fully saturated rings. The normalized spacial score (nSPS) is 32.5. The summed E-state index contributed by atoms with van der Waals surface area (Å²) in [5.41, 5.74) is -1.32. The fourth-order valence-electron chi connectivity index (χ4n) is 6.93. The maximum Gasteiger partial charge on any atom is 0.333 e. The lowest BCUT2D eigenvalue weighted by atomic mass is 9.72. The summed E-state index contributed by atoms with van der Waals surface area (Å²) in [5, 5.41) is 0. The second kappa shape index (κ2) is 27.0. The smallest absolute Gasteiger partial charge is 0.316 e. The van der Waals surface area contributed by atoms with Crippen LogP contribution in [0, 0.1) is 10.8 Å². The molecule has 0 aromatic carbocycles. The molecule has 0 aliphatic carbocycles. The van der Waals surface area contributed by atoms with Crippen molar-refractivity contribution in [2.75, 3.05) is 67.1 Å². The number of hydrogen-bond acceptors (Lipinski definition) is 12. The van der Waals surface area contributed by atoms with E-state index >= 15 is 0 Å². The molecular formula is C36H70O12P4. The molecule has 2 spiro atoms. The summed E-state index contributed by atoms with van der Waals surface area (Å²) in [7, 11) is -2.93. The van der Waals surface area contributed by atoms with Crippen LogP contribution in [0.15, 0.2) is 0 Å². The fraction of sp³-hybridized carbons (Fsp3) is 1.00. The molecule has 0 aromatic rings. The second-order valence-electron chi connectivity index (χ2n) is 14.7. The Bertz CT molecular complexity index is 881. The first-order valence-corrected chi connectivity index (χ1v) is 24.6. The standard InChI is InChI=1S/C36H70O12P4/c1-5-7-9-11-13-15-17-19-21-23-25-39-51-44-30-36(31-45-51)32-46-52(40-26-24-22-20-18-16-14-12-10-8-6-2)48-34(36)33-35(29-43-50(38-4)47-33)27-41-49(37-3)42-28-35/h33-34H,5-32H2,1-4H3. The lowest BCUT2D eigenvalue weighted by molar-refractivity contribution is -0.205. The summed E-state index contributed by atoms with van der Waals surface area (Å²) in [6, 6.07) is 0. The van der Waals surface area contributed by atoms with Gasteiger partial charge in [0.15, 0.2) is 0 Å². The number of unbranched alkanes of at least 4 members (excludes halogenated alkanes) is 18. The SMILES string of the molecule is CCCCCCCCCCCCOP1OCC2(CO1)COP(OCCCCCCCCCCCC)OC2C1OP(OC)OCC12COP(OC)OC2. The maximum absolute atomic E-state index is 6.76. The van der Waals surface area contributed by atoms with Crippen LogP contribution in [0.2, 0.25) is 0 Å². The zero-order valence-corrected chi connectivity index (χ0v) is 36.2. The van der Waals surface area contributed by atoms with Gasteiger partial charge in [0.2, 0.25) is 0 Å². The van der Waals surface area contributed by atoms with Gasteiger partial charge < -0.3 is 54.3 Å². The molecule has 4 atom stereocenters. The third kappa shape index (κ3) is 15.5. The van der Waals surface area contributed by atoms with Crippen LogP contribution >= 0.6 is 34.4 Å². The van der Waals surface area contributed by atoms with E-state index in [9.17, 15) is 0 Å². The van der Waals surface area contributed by atoms with Crippen LogP contribution in [0.5, 0.6) is 0 Å². The highest BCUT2D eigenvalue weighted by atomic mass is 31.2. The van der Waals surface area contributed by atoms with Gasteiger partial charge >= 0.3 is 34.4 Å². The highest BCUT2D eigenvalue weighted by Gasteiger charge is 2.62. The van der Waals surface area contributed by atoms with Crippen molar-refractivity contribution in [1.29, 1.82) is 0 Å². The van der Waals surface area contributed by atoms with E-state index in [-0.39, 0.29) is 0 Å². The molecule has 12 nitrogen and oxygen atoms in total. The molecule has 0 radical (unpaired) electrons. The zero-order valence-electron chi connectivity index (χ0n) is 32.6. The lowest BCUT2D eigenvalue weighted by Crippen LogP contribution is -2.64. The van der Waals surface area contributed by atoms with Crippen LogP contribution in [-0.2, 0) is 54.3 Å². The van der Waals surface area contributed by atoms with E-state index in [4.69, 9.17) is 54.3 Å². The van der Waals surface area contributed by atoms with Crippen molar-refractivity contribution in [1.82, 2.24) is 0 Å². The van der Waals surface area contributed by atoms with Crippen LogP contribution in [0.25, 0.3) is 0 Å². The molecule has 4 heterocycles. The average molecular weight is 819 g/mol. The second-order valence-corrected chi connectivity index (χ2v) is 19.7. The lowest BCUT2D eigenvalue weighted by Gasteiger charge is -2.55. The summed E-state index contributed by atoms with van der Waals surface area (Å²) < 4.78 is 73.5. The quantitative estimate of drug-likeness (QED) is 0.0581. The van der Waals surface area contributed by atoms with Crippen molar-refractivity contribution in [2.24, 2.45) is 10.8 Å². The molecule has 4 unspecified atom stereocenters. The predicted octanol–water partition coefficient (Wildman–Crippen LogP) is 12.0. The van der Waals surface area contributed by atoms with Crippen molar-refractivity contribution >= 4 is 34.4 Å². The van der Waals surface area contributed by atoms with Crippen molar-refractivity contribution in [3.05, 3.63) is 0 Å². The summed E-state index contributed by atoms with van der Waals surface area (Å²) in [6.45, 7) is 7.76. The molecule has 4 rings (SSSR count). The van der Waals surface area contributed by atoms with Crippen molar-refractivity contribution in [3.63, 3.8) is 0 Å². The molecule has 306 valence electrons. The summed E-state index contributed by atoms with van der Waals surface area (Å²) in [5.74, 6) is 0. The molecule has 0 aromatic heterocycles. The minimum absolute atomic E-state index is 0.328. The molecule has 52 heavy (non-hydrogen) atoms. The molecule has 0 N–H and O–H groups in total. The van der Waals surface area contributed by atoms with Gasteiger partial charge in [0.1, 0.15) is 12.2 Å². The van der Waals surface area contributed by atoms with Crippen molar-refractivity contribution in [2.45, 2.75) is 154 Å². The van der Waals surface area contributed by atoms with Crippen LogP contribution in [0.1, 0.15) is 142 Å². The Labute approximate surface area is 320 Å². The van der Waals surface area contributed by atoms with E-state index in [0.29, 0.717) is 52.9 Å². The van der Waals surface area contributed by atoms with Gasteiger partial charge in [-0.25, -0.2) is 0 Å². The summed E-state index contributed by atoms with van der Waals surface area (Å²) >= 11 is 0. The third-order valence-electron chi connectivity index (χ3n) is 10.3. The first-order valence-electron chi connectivity index (χ1n) is 20.2. The van der Waals surface area contributed by atoms with Crippen LogP contribution < -0.4 is 0 Å². The zero-order chi connectivity index (χ0) is 36.7. The highest BCUT2D eigenvalue weighted by molar-refractivity contribution is 7.42. The molecule has 4 aliphatic heterocycles. The van der Waals surface area contributed by atoms with E-state index in [1.54, 1.807) is 14.2 Å². The number of hydrogen-bond donors (Lipinski definition) is 0. The molecule has 4 aliphatic rings. The summed E-state index contributed by atoms with van der Waals surface area (Å²) in [4.78, 5) is 0. The minimum Gasteiger partial charge on any atom is -0.316 e.